The normalized spacial score (nSPS) is 11.0. The number of rotatable bonds is 4. The van der Waals surface area contributed by atoms with Gasteiger partial charge >= 0.3 is 0 Å². The molecule has 0 aliphatic rings. The second-order valence-electron chi connectivity index (χ2n) is 6.35. The van der Waals surface area contributed by atoms with E-state index >= 15 is 0 Å². The first-order valence-corrected chi connectivity index (χ1v) is 7.90. The SMILES string of the molecule is CC(=O)N(c1ccc(C(C)C)cc1)c1ccc(C(C)C)cc1. The van der Waals surface area contributed by atoms with Gasteiger partial charge in [-0.1, -0.05) is 52.0 Å². The Morgan fingerprint density at radius 3 is 1.27 bits per heavy atom. The molecule has 2 rings (SSSR count). The number of nitrogens with zero attached hydrogens (tertiary/aromatic N) is 1. The highest BCUT2D eigenvalue weighted by Gasteiger charge is 2.14. The summed E-state index contributed by atoms with van der Waals surface area (Å²) in [4.78, 5) is 13.9. The molecule has 2 nitrogen and oxygen atoms in total. The number of anilines is 2. The van der Waals surface area contributed by atoms with Crippen LogP contribution in [0.3, 0.4) is 0 Å². The lowest BCUT2D eigenvalue weighted by molar-refractivity contribution is -0.115. The Balaban J connectivity index is 2.35. The number of carbonyl (C=O) groups is 1. The van der Waals surface area contributed by atoms with Gasteiger partial charge in [-0.15, -0.1) is 0 Å². The van der Waals surface area contributed by atoms with Crippen LogP contribution in [0, 0.1) is 0 Å². The van der Waals surface area contributed by atoms with Gasteiger partial charge in [-0.2, -0.15) is 0 Å². The molecule has 0 bridgehead atoms. The van der Waals surface area contributed by atoms with Gasteiger partial charge in [0.05, 0.1) is 0 Å². The molecule has 2 aromatic rings. The van der Waals surface area contributed by atoms with Gasteiger partial charge in [-0.05, 0) is 47.2 Å². The van der Waals surface area contributed by atoms with Crippen molar-refractivity contribution in [3.8, 4) is 0 Å². The predicted octanol–water partition coefficient (Wildman–Crippen LogP) is 5.62. The van der Waals surface area contributed by atoms with Crippen molar-refractivity contribution in [3.05, 3.63) is 59.7 Å². The minimum absolute atomic E-state index is 0.0228. The summed E-state index contributed by atoms with van der Waals surface area (Å²) < 4.78 is 0. The highest BCUT2D eigenvalue weighted by atomic mass is 16.2. The van der Waals surface area contributed by atoms with Crippen molar-refractivity contribution in [2.75, 3.05) is 4.90 Å². The van der Waals surface area contributed by atoms with E-state index in [9.17, 15) is 4.79 Å². The monoisotopic (exact) mass is 295 g/mol. The number of benzene rings is 2. The lowest BCUT2D eigenvalue weighted by Crippen LogP contribution is -2.22. The van der Waals surface area contributed by atoms with Gasteiger partial charge in [0.25, 0.3) is 0 Å². The molecule has 0 heterocycles. The van der Waals surface area contributed by atoms with Crippen molar-refractivity contribution in [2.45, 2.75) is 46.5 Å². The lowest BCUT2D eigenvalue weighted by atomic mass is 10.0. The van der Waals surface area contributed by atoms with Gasteiger partial charge in [0.2, 0.25) is 5.91 Å². The van der Waals surface area contributed by atoms with Crippen molar-refractivity contribution < 1.29 is 4.79 Å². The van der Waals surface area contributed by atoms with Gasteiger partial charge in [0, 0.05) is 18.3 Å². The molecule has 0 saturated heterocycles. The van der Waals surface area contributed by atoms with Gasteiger partial charge in [-0.3, -0.25) is 9.69 Å². The van der Waals surface area contributed by atoms with Crippen LogP contribution in [0.5, 0.6) is 0 Å². The molecule has 0 aromatic heterocycles. The van der Waals surface area contributed by atoms with E-state index in [0.29, 0.717) is 11.8 Å². The molecule has 0 N–H and O–H groups in total. The van der Waals surface area contributed by atoms with Crippen LogP contribution < -0.4 is 4.90 Å². The van der Waals surface area contributed by atoms with Crippen LogP contribution in [0.1, 0.15) is 57.6 Å². The summed E-state index contributed by atoms with van der Waals surface area (Å²) in [6.45, 7) is 10.3. The molecule has 0 atom stereocenters. The minimum Gasteiger partial charge on any atom is -0.281 e. The Morgan fingerprint density at radius 1 is 0.727 bits per heavy atom. The first-order chi connectivity index (χ1) is 10.4. The van der Waals surface area contributed by atoms with E-state index in [0.717, 1.165) is 11.4 Å². The molecule has 0 aliphatic carbocycles. The Hall–Kier alpha value is -2.09. The minimum atomic E-state index is 0.0228. The Kier molecular flexibility index (Phi) is 5.02. The Morgan fingerprint density at radius 2 is 1.05 bits per heavy atom. The maximum atomic E-state index is 12.1. The lowest BCUT2D eigenvalue weighted by Gasteiger charge is -2.22. The van der Waals surface area contributed by atoms with E-state index in [4.69, 9.17) is 0 Å². The molecule has 0 fully saturated rings. The van der Waals surface area contributed by atoms with Crippen molar-refractivity contribution in [1.29, 1.82) is 0 Å². The third-order valence-electron chi connectivity index (χ3n) is 3.95. The van der Waals surface area contributed by atoms with Crippen LogP contribution in [-0.4, -0.2) is 5.91 Å². The molecule has 0 unspecified atom stereocenters. The largest absolute Gasteiger partial charge is 0.281 e. The van der Waals surface area contributed by atoms with E-state index in [-0.39, 0.29) is 5.91 Å². The molecule has 0 radical (unpaired) electrons. The molecule has 2 aromatic carbocycles. The van der Waals surface area contributed by atoms with Crippen LogP contribution in [0.15, 0.2) is 48.5 Å². The number of carbonyl (C=O) groups excluding carboxylic acids is 1. The summed E-state index contributed by atoms with van der Waals surface area (Å²) in [6.07, 6.45) is 0. The van der Waals surface area contributed by atoms with Crippen molar-refractivity contribution >= 4 is 17.3 Å². The molecule has 0 saturated carbocycles. The van der Waals surface area contributed by atoms with Gasteiger partial charge in [0.1, 0.15) is 0 Å². The van der Waals surface area contributed by atoms with Gasteiger partial charge < -0.3 is 0 Å². The maximum Gasteiger partial charge on any atom is 0.228 e. The summed E-state index contributed by atoms with van der Waals surface area (Å²) in [7, 11) is 0. The molecule has 22 heavy (non-hydrogen) atoms. The third-order valence-corrected chi connectivity index (χ3v) is 3.95. The van der Waals surface area contributed by atoms with E-state index < -0.39 is 0 Å². The van der Waals surface area contributed by atoms with Crippen LogP contribution in [-0.2, 0) is 4.79 Å². The number of amides is 1. The van der Waals surface area contributed by atoms with E-state index in [1.54, 1.807) is 11.8 Å². The third kappa shape index (κ3) is 3.56. The first kappa shape index (κ1) is 16.3. The van der Waals surface area contributed by atoms with Crippen LogP contribution in [0.4, 0.5) is 11.4 Å². The zero-order chi connectivity index (χ0) is 16.3. The Bertz CT molecular complexity index is 572. The smallest absolute Gasteiger partial charge is 0.228 e. The summed E-state index contributed by atoms with van der Waals surface area (Å²) in [5.74, 6) is 1.00. The van der Waals surface area contributed by atoms with Crippen LogP contribution in [0.25, 0.3) is 0 Å². The fourth-order valence-corrected chi connectivity index (χ4v) is 2.53. The van der Waals surface area contributed by atoms with Crippen molar-refractivity contribution in [3.63, 3.8) is 0 Å². The second-order valence-corrected chi connectivity index (χ2v) is 6.35. The fourth-order valence-electron chi connectivity index (χ4n) is 2.53. The topological polar surface area (TPSA) is 20.3 Å². The number of hydrogen-bond acceptors (Lipinski definition) is 1. The maximum absolute atomic E-state index is 12.1. The second kappa shape index (κ2) is 6.78. The summed E-state index contributed by atoms with van der Waals surface area (Å²) >= 11 is 0. The molecular weight excluding hydrogens is 270 g/mol. The molecule has 116 valence electrons. The predicted molar refractivity (Wildman–Crippen MR) is 93.9 cm³/mol. The molecule has 0 spiro atoms. The van der Waals surface area contributed by atoms with Crippen LogP contribution >= 0.6 is 0 Å². The zero-order valence-electron chi connectivity index (χ0n) is 14.1. The first-order valence-electron chi connectivity index (χ1n) is 7.90. The van der Waals surface area contributed by atoms with Crippen LogP contribution in [0.2, 0.25) is 0 Å². The summed E-state index contributed by atoms with van der Waals surface area (Å²) in [5, 5.41) is 0. The van der Waals surface area contributed by atoms with E-state index in [1.807, 2.05) is 24.3 Å². The quantitative estimate of drug-likeness (QED) is 0.717. The van der Waals surface area contributed by atoms with E-state index in [1.165, 1.54) is 11.1 Å². The number of hydrogen-bond donors (Lipinski definition) is 0. The average molecular weight is 295 g/mol. The average Bonchev–Trinajstić information content (AvgIpc) is 2.48. The fraction of sp³-hybridized carbons (Fsp3) is 0.350. The summed E-state index contributed by atoms with van der Waals surface area (Å²) in [6, 6.07) is 16.5. The van der Waals surface area contributed by atoms with E-state index in [2.05, 4.69) is 52.0 Å². The highest BCUT2D eigenvalue weighted by Crippen LogP contribution is 2.28. The summed E-state index contributed by atoms with van der Waals surface area (Å²) in [5.41, 5.74) is 4.38. The highest BCUT2D eigenvalue weighted by molar-refractivity contribution is 5.99. The van der Waals surface area contributed by atoms with Crippen molar-refractivity contribution in [2.24, 2.45) is 0 Å². The standard InChI is InChI=1S/C20H25NO/c1-14(2)17-6-10-19(11-7-17)21(16(5)22)20-12-8-18(9-13-20)15(3)4/h6-15H,1-5H3. The van der Waals surface area contributed by atoms with Gasteiger partial charge in [0.15, 0.2) is 0 Å². The molecule has 0 aliphatic heterocycles. The molecular formula is C20H25NO. The van der Waals surface area contributed by atoms with Crippen molar-refractivity contribution in [1.82, 2.24) is 0 Å². The Labute approximate surface area is 133 Å². The zero-order valence-corrected chi connectivity index (χ0v) is 14.1. The molecule has 2 heteroatoms. The van der Waals surface area contributed by atoms with Gasteiger partial charge in [-0.25, -0.2) is 0 Å². The molecule has 1 amide bonds.